The van der Waals surface area contributed by atoms with E-state index < -0.39 is 0 Å². The lowest BCUT2D eigenvalue weighted by atomic mass is 10.2. The summed E-state index contributed by atoms with van der Waals surface area (Å²) in [5.74, 6) is 0.667. The van der Waals surface area contributed by atoms with Crippen LogP contribution in [0, 0.1) is 6.92 Å². The van der Waals surface area contributed by atoms with E-state index in [0.29, 0.717) is 5.82 Å². The molecule has 0 saturated carbocycles. The second-order valence-electron chi connectivity index (χ2n) is 2.73. The van der Waals surface area contributed by atoms with Crippen LogP contribution in [0.25, 0.3) is 11.4 Å². The molecule has 2 heterocycles. The van der Waals surface area contributed by atoms with E-state index in [1.54, 1.807) is 10.9 Å². The maximum absolute atomic E-state index is 4.11. The molecule has 0 N–H and O–H groups in total. The van der Waals surface area contributed by atoms with Gasteiger partial charge in [0.25, 0.3) is 0 Å². The fraction of sp³-hybridized carbons (Fsp3) is 0.250. The summed E-state index contributed by atoms with van der Waals surface area (Å²) in [6, 6.07) is 0. The van der Waals surface area contributed by atoms with Gasteiger partial charge in [0.15, 0.2) is 5.82 Å². The highest BCUT2D eigenvalue weighted by Gasteiger charge is 2.07. The zero-order valence-corrected chi connectivity index (χ0v) is 7.47. The van der Waals surface area contributed by atoms with Gasteiger partial charge in [-0.2, -0.15) is 5.10 Å². The first-order chi connectivity index (χ1) is 6.29. The van der Waals surface area contributed by atoms with Crippen molar-refractivity contribution in [3.63, 3.8) is 0 Å². The van der Waals surface area contributed by atoms with Crippen LogP contribution in [0.1, 0.15) is 5.69 Å². The van der Waals surface area contributed by atoms with Crippen LogP contribution in [-0.2, 0) is 7.05 Å². The van der Waals surface area contributed by atoms with Crippen molar-refractivity contribution in [3.8, 4) is 11.4 Å². The standard InChI is InChI=1S/C8H9N5/c1-6-7(3-12-13(6)2)8-10-4-9-5-11-8/h3-5H,1-2H3. The third-order valence-electron chi connectivity index (χ3n) is 1.97. The third kappa shape index (κ3) is 1.28. The van der Waals surface area contributed by atoms with Crippen molar-refractivity contribution in [2.45, 2.75) is 6.92 Å². The molecule has 0 aliphatic carbocycles. The van der Waals surface area contributed by atoms with E-state index >= 15 is 0 Å². The Labute approximate surface area is 75.5 Å². The molecule has 5 heteroatoms. The Balaban J connectivity index is 2.53. The first-order valence-electron chi connectivity index (χ1n) is 3.90. The van der Waals surface area contributed by atoms with Crippen LogP contribution >= 0.6 is 0 Å². The van der Waals surface area contributed by atoms with E-state index in [2.05, 4.69) is 20.1 Å². The number of aryl methyl sites for hydroxylation is 1. The van der Waals surface area contributed by atoms with Crippen molar-refractivity contribution in [1.29, 1.82) is 0 Å². The molecule has 13 heavy (non-hydrogen) atoms. The summed E-state index contributed by atoms with van der Waals surface area (Å²) in [4.78, 5) is 11.9. The Morgan fingerprint density at radius 3 is 2.46 bits per heavy atom. The molecule has 2 aromatic heterocycles. The fourth-order valence-electron chi connectivity index (χ4n) is 1.10. The highest BCUT2D eigenvalue weighted by Crippen LogP contribution is 2.16. The van der Waals surface area contributed by atoms with Crippen LogP contribution in [0.2, 0.25) is 0 Å². The van der Waals surface area contributed by atoms with Crippen molar-refractivity contribution in [2.24, 2.45) is 7.05 Å². The van der Waals surface area contributed by atoms with E-state index in [4.69, 9.17) is 0 Å². The highest BCUT2D eigenvalue weighted by molar-refractivity contribution is 5.55. The smallest absolute Gasteiger partial charge is 0.166 e. The molecule has 0 bridgehead atoms. The predicted octanol–water partition coefficient (Wildman–Crippen LogP) is 0.581. The number of aromatic nitrogens is 5. The van der Waals surface area contributed by atoms with Crippen LogP contribution in [0.15, 0.2) is 18.9 Å². The van der Waals surface area contributed by atoms with Crippen molar-refractivity contribution in [2.75, 3.05) is 0 Å². The molecule has 0 radical (unpaired) electrons. The van der Waals surface area contributed by atoms with Gasteiger partial charge in [-0.15, -0.1) is 0 Å². The fourth-order valence-corrected chi connectivity index (χ4v) is 1.10. The summed E-state index contributed by atoms with van der Waals surface area (Å²) in [5, 5.41) is 4.11. The Kier molecular flexibility index (Phi) is 1.77. The Hall–Kier alpha value is -1.78. The van der Waals surface area contributed by atoms with E-state index in [1.807, 2.05) is 14.0 Å². The van der Waals surface area contributed by atoms with E-state index in [-0.39, 0.29) is 0 Å². The number of rotatable bonds is 1. The van der Waals surface area contributed by atoms with Crippen molar-refractivity contribution < 1.29 is 0 Å². The summed E-state index contributed by atoms with van der Waals surface area (Å²) < 4.78 is 1.79. The maximum atomic E-state index is 4.11. The van der Waals surface area contributed by atoms with Gasteiger partial charge in [-0.05, 0) is 6.92 Å². The molecule has 2 aromatic rings. The first-order valence-corrected chi connectivity index (χ1v) is 3.90. The largest absolute Gasteiger partial charge is 0.272 e. The summed E-state index contributed by atoms with van der Waals surface area (Å²) in [6.07, 6.45) is 4.72. The Bertz CT molecular complexity index is 406. The second kappa shape index (κ2) is 2.93. The molecule has 0 aromatic carbocycles. The first kappa shape index (κ1) is 7.85. The number of hydrogen-bond donors (Lipinski definition) is 0. The normalized spacial score (nSPS) is 10.3. The Morgan fingerprint density at radius 1 is 1.23 bits per heavy atom. The SMILES string of the molecule is Cc1c(-c2ncncn2)cnn1C. The average Bonchev–Trinajstić information content (AvgIpc) is 2.49. The topological polar surface area (TPSA) is 56.5 Å². The number of nitrogens with zero attached hydrogens (tertiary/aromatic N) is 5. The van der Waals surface area contributed by atoms with Crippen LogP contribution in [-0.4, -0.2) is 24.7 Å². The molecule has 0 saturated heterocycles. The van der Waals surface area contributed by atoms with Gasteiger partial charge in [-0.25, -0.2) is 15.0 Å². The van der Waals surface area contributed by atoms with Gasteiger partial charge in [-0.1, -0.05) is 0 Å². The van der Waals surface area contributed by atoms with E-state index in [1.165, 1.54) is 12.7 Å². The van der Waals surface area contributed by atoms with Gasteiger partial charge in [0.1, 0.15) is 12.7 Å². The number of hydrogen-bond acceptors (Lipinski definition) is 4. The maximum Gasteiger partial charge on any atom is 0.166 e. The van der Waals surface area contributed by atoms with Crippen LogP contribution in [0.5, 0.6) is 0 Å². The molecule has 0 amide bonds. The third-order valence-corrected chi connectivity index (χ3v) is 1.97. The summed E-state index contributed by atoms with van der Waals surface area (Å²) in [6.45, 7) is 1.98. The van der Waals surface area contributed by atoms with Gasteiger partial charge in [0, 0.05) is 12.7 Å². The molecular weight excluding hydrogens is 166 g/mol. The van der Waals surface area contributed by atoms with Crippen molar-refractivity contribution in [1.82, 2.24) is 24.7 Å². The predicted molar refractivity (Wildman–Crippen MR) is 46.8 cm³/mol. The Morgan fingerprint density at radius 2 is 1.92 bits per heavy atom. The minimum atomic E-state index is 0.667. The van der Waals surface area contributed by atoms with Gasteiger partial charge in [0.2, 0.25) is 0 Å². The molecule has 0 aliphatic heterocycles. The van der Waals surface area contributed by atoms with E-state index in [0.717, 1.165) is 11.3 Å². The summed E-state index contributed by atoms with van der Waals surface area (Å²) in [7, 11) is 1.89. The van der Waals surface area contributed by atoms with Crippen molar-refractivity contribution >= 4 is 0 Å². The van der Waals surface area contributed by atoms with Gasteiger partial charge < -0.3 is 0 Å². The molecule has 0 atom stereocenters. The zero-order valence-electron chi connectivity index (χ0n) is 7.47. The average molecular weight is 175 g/mol. The highest BCUT2D eigenvalue weighted by atomic mass is 15.3. The van der Waals surface area contributed by atoms with Crippen LogP contribution in [0.4, 0.5) is 0 Å². The van der Waals surface area contributed by atoms with E-state index in [9.17, 15) is 0 Å². The van der Waals surface area contributed by atoms with Gasteiger partial charge >= 0.3 is 0 Å². The van der Waals surface area contributed by atoms with Gasteiger partial charge in [0.05, 0.1) is 11.8 Å². The molecule has 5 nitrogen and oxygen atoms in total. The second-order valence-corrected chi connectivity index (χ2v) is 2.73. The molecular formula is C8H9N5. The lowest BCUT2D eigenvalue weighted by molar-refractivity contribution is 0.740. The van der Waals surface area contributed by atoms with Crippen LogP contribution in [0.3, 0.4) is 0 Å². The minimum Gasteiger partial charge on any atom is -0.272 e. The van der Waals surface area contributed by atoms with Gasteiger partial charge in [-0.3, -0.25) is 4.68 Å². The molecule has 0 aliphatic rings. The molecule has 0 spiro atoms. The monoisotopic (exact) mass is 175 g/mol. The minimum absolute atomic E-state index is 0.667. The summed E-state index contributed by atoms with van der Waals surface area (Å²) in [5.41, 5.74) is 2.00. The molecule has 2 rings (SSSR count). The summed E-state index contributed by atoms with van der Waals surface area (Å²) >= 11 is 0. The molecule has 66 valence electrons. The lowest BCUT2D eigenvalue weighted by Gasteiger charge is -1.96. The molecule has 0 fully saturated rings. The zero-order chi connectivity index (χ0) is 9.26. The van der Waals surface area contributed by atoms with Crippen LogP contribution < -0.4 is 0 Å². The van der Waals surface area contributed by atoms with Crippen molar-refractivity contribution in [3.05, 3.63) is 24.5 Å². The quantitative estimate of drug-likeness (QED) is 0.636. The lowest BCUT2D eigenvalue weighted by Crippen LogP contribution is -1.94. The molecule has 0 unspecified atom stereocenters.